The summed E-state index contributed by atoms with van der Waals surface area (Å²) in [6.07, 6.45) is 5.35. The molecule has 7 heteroatoms. The molecule has 1 saturated carbocycles. The Morgan fingerprint density at radius 3 is 2.58 bits per heavy atom. The standard InChI is InChI=1S/C24H31N3O4/c1-16-5-3-4-6-20(16)26-24(25-14-13-17-7-10-19(28)11-8-17)27-21-15-18(23(30)31-2)9-12-22(21)29/h7-12,15-16,20,28-29H,3-6,13-14H2,1-2H3,(H2,25,26,27). The molecule has 0 heterocycles. The number of hydrogen-bond acceptors (Lipinski definition) is 5. The molecule has 1 aliphatic carbocycles. The summed E-state index contributed by atoms with van der Waals surface area (Å²) in [7, 11) is 1.32. The van der Waals surface area contributed by atoms with E-state index in [9.17, 15) is 15.0 Å². The lowest BCUT2D eigenvalue weighted by Gasteiger charge is -2.31. The van der Waals surface area contributed by atoms with E-state index in [2.05, 4.69) is 17.6 Å². The fourth-order valence-electron chi connectivity index (χ4n) is 3.80. The molecule has 3 rings (SSSR count). The molecular weight excluding hydrogens is 394 g/mol. The van der Waals surface area contributed by atoms with Gasteiger partial charge in [0.15, 0.2) is 5.96 Å². The van der Waals surface area contributed by atoms with Crippen LogP contribution in [0.4, 0.5) is 5.69 Å². The summed E-state index contributed by atoms with van der Waals surface area (Å²) in [4.78, 5) is 16.6. The summed E-state index contributed by atoms with van der Waals surface area (Å²) in [6, 6.07) is 11.9. The Bertz CT molecular complexity index is 912. The fraction of sp³-hybridized carbons (Fsp3) is 0.417. The van der Waals surface area contributed by atoms with E-state index in [0.717, 1.165) is 12.0 Å². The maximum Gasteiger partial charge on any atom is 0.337 e. The second-order valence-corrected chi connectivity index (χ2v) is 8.01. The van der Waals surface area contributed by atoms with Crippen LogP contribution in [-0.4, -0.2) is 41.8 Å². The van der Waals surface area contributed by atoms with Gasteiger partial charge in [-0.3, -0.25) is 4.99 Å². The Balaban J connectivity index is 1.77. The zero-order valence-electron chi connectivity index (χ0n) is 18.1. The molecule has 1 fully saturated rings. The van der Waals surface area contributed by atoms with Crippen molar-refractivity contribution in [2.45, 2.75) is 45.1 Å². The first kappa shape index (κ1) is 22.5. The van der Waals surface area contributed by atoms with Gasteiger partial charge in [-0.25, -0.2) is 4.79 Å². The third-order valence-corrected chi connectivity index (χ3v) is 5.71. The first-order valence-corrected chi connectivity index (χ1v) is 10.7. The third kappa shape index (κ3) is 6.38. The lowest BCUT2D eigenvalue weighted by atomic mass is 9.86. The van der Waals surface area contributed by atoms with Gasteiger partial charge < -0.3 is 25.6 Å². The molecule has 1 aliphatic rings. The molecule has 2 aromatic carbocycles. The van der Waals surface area contributed by atoms with Crippen molar-refractivity contribution in [2.24, 2.45) is 10.9 Å². The number of guanidine groups is 1. The summed E-state index contributed by atoms with van der Waals surface area (Å²) in [5.74, 6) is 0.881. The number of carbonyl (C=O) groups is 1. The predicted molar refractivity (Wildman–Crippen MR) is 122 cm³/mol. The Hall–Kier alpha value is -3.22. The lowest BCUT2D eigenvalue weighted by Crippen LogP contribution is -2.44. The number of nitrogens with zero attached hydrogens (tertiary/aromatic N) is 1. The first-order valence-electron chi connectivity index (χ1n) is 10.7. The van der Waals surface area contributed by atoms with Crippen molar-refractivity contribution in [3.63, 3.8) is 0 Å². The number of hydrogen-bond donors (Lipinski definition) is 4. The number of carbonyl (C=O) groups excluding carboxylic acids is 1. The number of aromatic hydroxyl groups is 2. The minimum atomic E-state index is -0.470. The minimum absolute atomic E-state index is 0.0254. The normalized spacial score (nSPS) is 19.0. The van der Waals surface area contributed by atoms with E-state index >= 15 is 0 Å². The van der Waals surface area contributed by atoms with Crippen LogP contribution in [0.1, 0.15) is 48.5 Å². The number of nitrogens with one attached hydrogen (secondary N) is 2. The summed E-state index contributed by atoms with van der Waals surface area (Å²) in [5.41, 5.74) is 1.81. The first-order chi connectivity index (χ1) is 15.0. The van der Waals surface area contributed by atoms with Crippen LogP contribution < -0.4 is 10.6 Å². The maximum atomic E-state index is 11.9. The van der Waals surface area contributed by atoms with Crippen molar-refractivity contribution in [1.29, 1.82) is 0 Å². The van der Waals surface area contributed by atoms with Crippen LogP contribution in [0.25, 0.3) is 0 Å². The van der Waals surface area contributed by atoms with Crippen LogP contribution in [0.3, 0.4) is 0 Å². The van der Waals surface area contributed by atoms with Crippen molar-refractivity contribution < 1.29 is 19.7 Å². The molecule has 0 aliphatic heterocycles. The van der Waals surface area contributed by atoms with Gasteiger partial charge in [0.1, 0.15) is 11.5 Å². The number of rotatable bonds is 6. The zero-order chi connectivity index (χ0) is 22.2. The van der Waals surface area contributed by atoms with Gasteiger partial charge in [0.25, 0.3) is 0 Å². The number of aliphatic imine (C=N–C) groups is 1. The monoisotopic (exact) mass is 425 g/mol. The van der Waals surface area contributed by atoms with Crippen LogP contribution in [0, 0.1) is 5.92 Å². The van der Waals surface area contributed by atoms with Gasteiger partial charge in [-0.05, 0) is 61.1 Å². The molecule has 0 bridgehead atoms. The molecule has 166 valence electrons. The average Bonchev–Trinajstić information content (AvgIpc) is 2.77. The SMILES string of the molecule is COC(=O)c1ccc(O)c(NC(=NCCc2ccc(O)cc2)NC2CCCCC2C)c1. The minimum Gasteiger partial charge on any atom is -0.508 e. The highest BCUT2D eigenvalue weighted by molar-refractivity contribution is 5.97. The van der Waals surface area contributed by atoms with Gasteiger partial charge in [0.05, 0.1) is 18.4 Å². The Kier molecular flexibility index (Phi) is 7.76. The molecule has 0 radical (unpaired) electrons. The summed E-state index contributed by atoms with van der Waals surface area (Å²) in [5, 5.41) is 26.4. The Morgan fingerprint density at radius 2 is 1.87 bits per heavy atom. The van der Waals surface area contributed by atoms with E-state index in [1.807, 2.05) is 12.1 Å². The molecule has 2 atom stereocenters. The van der Waals surface area contributed by atoms with Gasteiger partial charge in [0.2, 0.25) is 0 Å². The van der Waals surface area contributed by atoms with E-state index in [4.69, 9.17) is 9.73 Å². The average molecular weight is 426 g/mol. The van der Waals surface area contributed by atoms with Crippen molar-refractivity contribution in [3.05, 3.63) is 53.6 Å². The summed E-state index contributed by atoms with van der Waals surface area (Å²) in [6.45, 7) is 2.76. The molecule has 0 saturated heterocycles. The van der Waals surface area contributed by atoms with Crippen molar-refractivity contribution in [2.75, 3.05) is 19.0 Å². The molecule has 31 heavy (non-hydrogen) atoms. The van der Waals surface area contributed by atoms with Gasteiger partial charge in [0, 0.05) is 12.6 Å². The molecule has 0 spiro atoms. The fourth-order valence-corrected chi connectivity index (χ4v) is 3.80. The second kappa shape index (κ2) is 10.7. The number of methoxy groups -OCH3 is 1. The Labute approximate surface area is 183 Å². The molecule has 0 aromatic heterocycles. The molecular formula is C24H31N3O4. The van der Waals surface area contributed by atoms with E-state index < -0.39 is 5.97 Å². The van der Waals surface area contributed by atoms with Crippen molar-refractivity contribution >= 4 is 17.6 Å². The van der Waals surface area contributed by atoms with Crippen LogP contribution in [0.2, 0.25) is 0 Å². The predicted octanol–water partition coefficient (Wildman–Crippen LogP) is 4.06. The highest BCUT2D eigenvalue weighted by Crippen LogP contribution is 2.26. The quantitative estimate of drug-likeness (QED) is 0.241. The van der Waals surface area contributed by atoms with Crippen LogP contribution in [0.5, 0.6) is 11.5 Å². The van der Waals surface area contributed by atoms with E-state index in [-0.39, 0.29) is 11.5 Å². The van der Waals surface area contributed by atoms with Gasteiger partial charge in [-0.15, -0.1) is 0 Å². The summed E-state index contributed by atoms with van der Waals surface area (Å²) < 4.78 is 4.78. The number of anilines is 1. The highest BCUT2D eigenvalue weighted by Gasteiger charge is 2.22. The number of phenols is 2. The highest BCUT2D eigenvalue weighted by atomic mass is 16.5. The van der Waals surface area contributed by atoms with Gasteiger partial charge in [-0.2, -0.15) is 0 Å². The molecule has 2 unspecified atom stereocenters. The number of benzene rings is 2. The van der Waals surface area contributed by atoms with Crippen LogP contribution in [-0.2, 0) is 11.2 Å². The van der Waals surface area contributed by atoms with Gasteiger partial charge >= 0.3 is 5.97 Å². The number of ether oxygens (including phenoxy) is 1. The van der Waals surface area contributed by atoms with Crippen molar-refractivity contribution in [3.8, 4) is 11.5 Å². The molecule has 2 aromatic rings. The second-order valence-electron chi connectivity index (χ2n) is 8.01. The number of esters is 1. The lowest BCUT2D eigenvalue weighted by molar-refractivity contribution is 0.0601. The smallest absolute Gasteiger partial charge is 0.337 e. The van der Waals surface area contributed by atoms with Crippen molar-refractivity contribution in [1.82, 2.24) is 5.32 Å². The van der Waals surface area contributed by atoms with Crippen LogP contribution in [0.15, 0.2) is 47.5 Å². The third-order valence-electron chi connectivity index (χ3n) is 5.71. The largest absolute Gasteiger partial charge is 0.508 e. The number of phenolic OH excluding ortho intramolecular Hbond substituents is 2. The maximum absolute atomic E-state index is 11.9. The zero-order valence-corrected chi connectivity index (χ0v) is 18.1. The van der Waals surface area contributed by atoms with Crippen LogP contribution >= 0.6 is 0 Å². The van der Waals surface area contributed by atoms with Gasteiger partial charge in [-0.1, -0.05) is 31.9 Å². The Morgan fingerprint density at radius 1 is 1.13 bits per heavy atom. The van der Waals surface area contributed by atoms with E-state index in [0.29, 0.717) is 42.1 Å². The topological polar surface area (TPSA) is 103 Å². The molecule has 7 nitrogen and oxygen atoms in total. The van der Waals surface area contributed by atoms with E-state index in [1.165, 1.54) is 38.5 Å². The summed E-state index contributed by atoms with van der Waals surface area (Å²) >= 11 is 0. The van der Waals surface area contributed by atoms with E-state index in [1.54, 1.807) is 18.2 Å². The molecule has 0 amide bonds. The molecule has 4 N–H and O–H groups in total.